The van der Waals surface area contributed by atoms with Crippen LogP contribution < -0.4 is 0 Å². The lowest BCUT2D eigenvalue weighted by atomic mass is 10.1. The molecule has 4 nitrogen and oxygen atoms in total. The number of halogens is 1. The molecule has 1 rings (SSSR count). The molecule has 0 fully saturated rings. The Morgan fingerprint density at radius 1 is 1.56 bits per heavy atom. The molecule has 18 heavy (non-hydrogen) atoms. The first kappa shape index (κ1) is 15.1. The van der Waals surface area contributed by atoms with Gasteiger partial charge >= 0.3 is 0 Å². The molecule has 0 aliphatic heterocycles. The normalized spacial score (nSPS) is 12.3. The maximum absolute atomic E-state index is 12.2. The van der Waals surface area contributed by atoms with Gasteiger partial charge in [-0.3, -0.25) is 4.79 Å². The molecule has 1 aromatic carbocycles. The Labute approximate surface area is 116 Å². The van der Waals surface area contributed by atoms with Crippen LogP contribution in [0.3, 0.4) is 0 Å². The van der Waals surface area contributed by atoms with E-state index in [0.29, 0.717) is 5.56 Å². The largest absolute Gasteiger partial charge is 0.389 e. The molecule has 1 unspecified atom stereocenters. The Hall–Kier alpha value is -0.910. The van der Waals surface area contributed by atoms with E-state index in [4.69, 9.17) is 4.74 Å². The van der Waals surface area contributed by atoms with Crippen molar-refractivity contribution in [1.82, 2.24) is 4.90 Å². The summed E-state index contributed by atoms with van der Waals surface area (Å²) in [7, 11) is 3.18. The summed E-state index contributed by atoms with van der Waals surface area (Å²) in [6, 6.07) is 5.56. The van der Waals surface area contributed by atoms with Crippen LogP contribution in [0.2, 0.25) is 0 Å². The molecule has 0 spiro atoms. The highest BCUT2D eigenvalue weighted by Crippen LogP contribution is 2.19. The zero-order chi connectivity index (χ0) is 13.7. The van der Waals surface area contributed by atoms with Crippen molar-refractivity contribution in [2.24, 2.45) is 0 Å². The molecule has 1 N–H and O–H groups in total. The molecule has 0 aliphatic carbocycles. The van der Waals surface area contributed by atoms with Crippen LogP contribution >= 0.6 is 15.9 Å². The van der Waals surface area contributed by atoms with Gasteiger partial charge in [-0.15, -0.1) is 0 Å². The topological polar surface area (TPSA) is 49.8 Å². The molecular formula is C13H18BrNO3. The Morgan fingerprint density at radius 2 is 2.22 bits per heavy atom. The molecule has 1 atom stereocenters. The highest BCUT2D eigenvalue weighted by atomic mass is 79.9. The van der Waals surface area contributed by atoms with E-state index in [0.717, 1.165) is 10.0 Å². The van der Waals surface area contributed by atoms with E-state index >= 15 is 0 Å². The number of carbonyl (C=O) groups excluding carboxylic acids is 1. The molecule has 100 valence electrons. The number of ether oxygens (including phenoxy) is 1. The molecule has 0 aromatic heterocycles. The third-order valence-corrected chi connectivity index (χ3v) is 3.20. The number of amides is 1. The van der Waals surface area contributed by atoms with Crippen molar-refractivity contribution < 1.29 is 14.6 Å². The van der Waals surface area contributed by atoms with Crippen LogP contribution in [0, 0.1) is 6.92 Å². The number of aliphatic hydroxyl groups is 1. The second-order valence-corrected chi connectivity index (χ2v) is 5.13. The Balaban J connectivity index is 2.74. The van der Waals surface area contributed by atoms with Crippen LogP contribution in [0.4, 0.5) is 0 Å². The Morgan fingerprint density at radius 3 is 2.78 bits per heavy atom. The summed E-state index contributed by atoms with van der Waals surface area (Å²) in [4.78, 5) is 13.6. The van der Waals surface area contributed by atoms with Crippen molar-refractivity contribution in [3.8, 4) is 0 Å². The minimum atomic E-state index is -0.673. The van der Waals surface area contributed by atoms with E-state index in [1.807, 2.05) is 19.1 Å². The van der Waals surface area contributed by atoms with Gasteiger partial charge in [0.25, 0.3) is 5.91 Å². The number of aryl methyl sites for hydroxylation is 1. The molecule has 1 amide bonds. The highest BCUT2D eigenvalue weighted by Gasteiger charge is 2.17. The van der Waals surface area contributed by atoms with Gasteiger partial charge in [-0.1, -0.05) is 6.07 Å². The number of aliphatic hydroxyl groups excluding tert-OH is 1. The maximum atomic E-state index is 12.2. The third-order valence-electron chi connectivity index (χ3n) is 2.55. The van der Waals surface area contributed by atoms with E-state index in [2.05, 4.69) is 15.9 Å². The van der Waals surface area contributed by atoms with Crippen molar-refractivity contribution in [1.29, 1.82) is 0 Å². The maximum Gasteiger partial charge on any atom is 0.254 e. The van der Waals surface area contributed by atoms with Crippen LogP contribution in [0.15, 0.2) is 22.7 Å². The molecule has 0 bridgehead atoms. The fourth-order valence-corrected chi connectivity index (χ4v) is 2.31. The number of hydrogen-bond acceptors (Lipinski definition) is 3. The van der Waals surface area contributed by atoms with Gasteiger partial charge in [-0.2, -0.15) is 0 Å². The van der Waals surface area contributed by atoms with Crippen molar-refractivity contribution in [2.45, 2.75) is 13.0 Å². The monoisotopic (exact) mass is 315 g/mol. The van der Waals surface area contributed by atoms with Crippen LogP contribution in [0.25, 0.3) is 0 Å². The summed E-state index contributed by atoms with van der Waals surface area (Å²) < 4.78 is 5.60. The lowest BCUT2D eigenvalue weighted by molar-refractivity contribution is 0.0380. The lowest BCUT2D eigenvalue weighted by Gasteiger charge is -2.21. The molecular weight excluding hydrogens is 298 g/mol. The second-order valence-electron chi connectivity index (χ2n) is 4.28. The number of likely N-dealkylation sites (N-methyl/N-ethyl adjacent to an activating group) is 1. The van der Waals surface area contributed by atoms with Crippen molar-refractivity contribution in [3.05, 3.63) is 33.8 Å². The average Bonchev–Trinajstić information content (AvgIpc) is 2.28. The Bertz CT molecular complexity index is 423. The van der Waals surface area contributed by atoms with E-state index < -0.39 is 6.10 Å². The van der Waals surface area contributed by atoms with Crippen molar-refractivity contribution in [3.63, 3.8) is 0 Å². The van der Waals surface area contributed by atoms with Gasteiger partial charge in [-0.25, -0.2) is 0 Å². The van der Waals surface area contributed by atoms with E-state index in [1.54, 1.807) is 13.1 Å². The van der Waals surface area contributed by atoms with Gasteiger partial charge in [-0.05, 0) is 40.5 Å². The molecule has 0 saturated heterocycles. The molecule has 1 aromatic rings. The van der Waals surface area contributed by atoms with Gasteiger partial charge < -0.3 is 14.7 Å². The van der Waals surface area contributed by atoms with Gasteiger partial charge in [0.1, 0.15) is 0 Å². The second kappa shape index (κ2) is 6.87. The molecule has 0 saturated carbocycles. The summed E-state index contributed by atoms with van der Waals surface area (Å²) in [5, 5.41) is 9.60. The minimum absolute atomic E-state index is 0.128. The van der Waals surface area contributed by atoms with Crippen LogP contribution in [-0.4, -0.2) is 49.3 Å². The van der Waals surface area contributed by atoms with Gasteiger partial charge in [0.05, 0.1) is 18.3 Å². The van der Waals surface area contributed by atoms with Crippen LogP contribution in [0.5, 0.6) is 0 Å². The average molecular weight is 316 g/mol. The molecule has 5 heteroatoms. The smallest absolute Gasteiger partial charge is 0.254 e. The summed E-state index contributed by atoms with van der Waals surface area (Å²) in [5.74, 6) is -0.128. The third kappa shape index (κ3) is 4.08. The van der Waals surface area contributed by atoms with E-state index in [-0.39, 0.29) is 19.1 Å². The molecule has 0 heterocycles. The summed E-state index contributed by atoms with van der Waals surface area (Å²) >= 11 is 3.38. The number of benzene rings is 1. The lowest BCUT2D eigenvalue weighted by Crippen LogP contribution is -2.36. The first-order valence-corrected chi connectivity index (χ1v) is 6.43. The number of hydrogen-bond donors (Lipinski definition) is 1. The standard InChI is InChI=1S/C13H18BrNO3/c1-9-4-5-11(12(14)6-9)13(17)15(2)7-10(16)8-18-3/h4-6,10,16H,7-8H2,1-3H3. The van der Waals surface area contributed by atoms with E-state index in [9.17, 15) is 9.90 Å². The van der Waals surface area contributed by atoms with Gasteiger partial charge in [0.15, 0.2) is 0 Å². The Kier molecular flexibility index (Phi) is 5.78. The van der Waals surface area contributed by atoms with Crippen molar-refractivity contribution in [2.75, 3.05) is 27.3 Å². The fraction of sp³-hybridized carbons (Fsp3) is 0.462. The summed E-state index contributed by atoms with van der Waals surface area (Å²) in [6.07, 6.45) is -0.673. The van der Waals surface area contributed by atoms with Crippen molar-refractivity contribution >= 4 is 21.8 Å². The highest BCUT2D eigenvalue weighted by molar-refractivity contribution is 9.10. The van der Waals surface area contributed by atoms with Crippen LogP contribution in [0.1, 0.15) is 15.9 Å². The summed E-state index contributed by atoms with van der Waals surface area (Å²) in [6.45, 7) is 2.42. The fourth-order valence-electron chi connectivity index (χ4n) is 1.64. The minimum Gasteiger partial charge on any atom is -0.389 e. The van der Waals surface area contributed by atoms with Crippen LogP contribution in [-0.2, 0) is 4.74 Å². The molecule has 0 aliphatic rings. The first-order valence-electron chi connectivity index (χ1n) is 5.64. The number of methoxy groups -OCH3 is 1. The summed E-state index contributed by atoms with van der Waals surface area (Å²) in [5.41, 5.74) is 1.67. The number of rotatable bonds is 5. The zero-order valence-corrected chi connectivity index (χ0v) is 12.4. The van der Waals surface area contributed by atoms with Gasteiger partial charge in [0.2, 0.25) is 0 Å². The first-order chi connectivity index (χ1) is 8.45. The molecule has 0 radical (unpaired) electrons. The quantitative estimate of drug-likeness (QED) is 0.902. The predicted octanol–water partition coefficient (Wildman–Crippen LogP) is 1.84. The number of carbonyl (C=O) groups is 1. The van der Waals surface area contributed by atoms with Gasteiger partial charge in [0, 0.05) is 25.2 Å². The zero-order valence-electron chi connectivity index (χ0n) is 10.8. The van der Waals surface area contributed by atoms with E-state index in [1.165, 1.54) is 12.0 Å². The number of nitrogens with zero attached hydrogens (tertiary/aromatic N) is 1. The SMILES string of the molecule is COCC(O)CN(C)C(=O)c1ccc(C)cc1Br. The predicted molar refractivity (Wildman–Crippen MR) is 73.7 cm³/mol.